The van der Waals surface area contributed by atoms with Gasteiger partial charge in [0.05, 0.1) is 27.8 Å². The van der Waals surface area contributed by atoms with Gasteiger partial charge in [-0.25, -0.2) is 4.98 Å². The molecule has 9 heteroatoms. The number of fused-ring (bicyclic) bond motifs is 1. The maximum Gasteiger partial charge on any atom is 0.280 e. The Morgan fingerprint density at radius 2 is 2.04 bits per heavy atom. The molecule has 27 heavy (non-hydrogen) atoms. The van der Waals surface area contributed by atoms with Gasteiger partial charge >= 0.3 is 0 Å². The van der Waals surface area contributed by atoms with Crippen LogP contribution in [0.3, 0.4) is 0 Å². The number of aromatic nitrogens is 2. The van der Waals surface area contributed by atoms with Crippen molar-refractivity contribution in [2.45, 2.75) is 0 Å². The van der Waals surface area contributed by atoms with Crippen molar-refractivity contribution in [2.75, 3.05) is 6.79 Å². The minimum atomic E-state index is -0.521. The van der Waals surface area contributed by atoms with Gasteiger partial charge in [0.25, 0.3) is 5.69 Å². The fourth-order valence-corrected chi connectivity index (χ4v) is 3.37. The summed E-state index contributed by atoms with van der Waals surface area (Å²) in [6, 6.07) is 8.50. The highest BCUT2D eigenvalue weighted by Gasteiger charge is 2.23. The standard InChI is InChI=1S/C18H10N4O4S/c19-8-13(18-21-14(9-27-18)11-1-3-20-4-2-11)5-12-6-16-17(26-10-25-16)7-15(12)22(23)24/h1-7,9H,10H2/b13-5+. The Hall–Kier alpha value is -3.77. The molecular weight excluding hydrogens is 368 g/mol. The largest absolute Gasteiger partial charge is 0.454 e. The Labute approximate surface area is 157 Å². The summed E-state index contributed by atoms with van der Waals surface area (Å²) in [6.07, 6.45) is 4.76. The Kier molecular flexibility index (Phi) is 4.24. The molecule has 1 aromatic carbocycles. The third-order valence-electron chi connectivity index (χ3n) is 3.85. The minimum absolute atomic E-state index is 0.00648. The van der Waals surface area contributed by atoms with Gasteiger partial charge in [-0.3, -0.25) is 15.1 Å². The smallest absolute Gasteiger partial charge is 0.280 e. The number of ether oxygens (including phenoxy) is 2. The summed E-state index contributed by atoms with van der Waals surface area (Å²) < 4.78 is 10.5. The summed E-state index contributed by atoms with van der Waals surface area (Å²) in [5.41, 5.74) is 1.89. The minimum Gasteiger partial charge on any atom is -0.454 e. The van der Waals surface area contributed by atoms with E-state index in [9.17, 15) is 15.4 Å². The van der Waals surface area contributed by atoms with Crippen LogP contribution < -0.4 is 9.47 Å². The summed E-state index contributed by atoms with van der Waals surface area (Å²) >= 11 is 1.29. The van der Waals surface area contributed by atoms with Gasteiger partial charge in [-0.2, -0.15) is 5.26 Å². The van der Waals surface area contributed by atoms with Gasteiger partial charge in [-0.15, -0.1) is 11.3 Å². The molecule has 0 saturated carbocycles. The average molecular weight is 378 g/mol. The summed E-state index contributed by atoms with van der Waals surface area (Å²) in [5.74, 6) is 0.715. The van der Waals surface area contributed by atoms with E-state index < -0.39 is 4.92 Å². The van der Waals surface area contributed by atoms with Gasteiger partial charge in [0.15, 0.2) is 11.5 Å². The zero-order chi connectivity index (χ0) is 18.8. The predicted molar refractivity (Wildman–Crippen MR) is 98.0 cm³/mol. The Bertz CT molecular complexity index is 1100. The normalized spacial score (nSPS) is 12.6. The molecule has 0 aliphatic carbocycles. The maximum absolute atomic E-state index is 11.4. The molecule has 8 nitrogen and oxygen atoms in total. The SMILES string of the molecule is N#C/C(=C\c1cc2c(cc1[N+](=O)[O-])OCO2)c1nc(-c2ccncc2)cs1. The van der Waals surface area contributed by atoms with E-state index in [0.717, 1.165) is 5.56 Å². The maximum atomic E-state index is 11.4. The Balaban J connectivity index is 1.76. The van der Waals surface area contributed by atoms with Crippen molar-refractivity contribution in [1.82, 2.24) is 9.97 Å². The number of allylic oxidation sites excluding steroid dienone is 1. The molecule has 1 aliphatic rings. The number of thiazole rings is 1. The van der Waals surface area contributed by atoms with Crippen LogP contribution in [-0.2, 0) is 0 Å². The van der Waals surface area contributed by atoms with Crippen molar-refractivity contribution in [2.24, 2.45) is 0 Å². The predicted octanol–water partition coefficient (Wildman–Crippen LogP) is 3.91. The lowest BCUT2D eigenvalue weighted by Gasteiger charge is -2.02. The summed E-state index contributed by atoms with van der Waals surface area (Å²) in [7, 11) is 0. The molecule has 0 amide bonds. The first-order chi connectivity index (χ1) is 13.2. The quantitative estimate of drug-likeness (QED) is 0.384. The Morgan fingerprint density at radius 1 is 1.30 bits per heavy atom. The fraction of sp³-hybridized carbons (Fsp3) is 0.0556. The first-order valence-corrected chi connectivity index (χ1v) is 8.60. The van der Waals surface area contributed by atoms with Gasteiger partial charge in [-0.05, 0) is 24.3 Å². The molecule has 0 spiro atoms. The molecule has 2 aromatic heterocycles. The van der Waals surface area contributed by atoms with Gasteiger partial charge < -0.3 is 9.47 Å². The molecule has 1 aliphatic heterocycles. The molecule has 3 aromatic rings. The second-order valence-corrected chi connectivity index (χ2v) is 6.32. The van der Waals surface area contributed by atoms with E-state index in [4.69, 9.17) is 9.47 Å². The highest BCUT2D eigenvalue weighted by atomic mass is 32.1. The third-order valence-corrected chi connectivity index (χ3v) is 4.73. The van der Waals surface area contributed by atoms with Crippen LogP contribution in [0.15, 0.2) is 42.0 Å². The van der Waals surface area contributed by atoms with Crippen molar-refractivity contribution >= 4 is 28.7 Å². The van der Waals surface area contributed by atoms with Crippen LogP contribution in [0, 0.1) is 21.4 Å². The highest BCUT2D eigenvalue weighted by Crippen LogP contribution is 2.39. The van der Waals surface area contributed by atoms with Crippen molar-refractivity contribution in [3.8, 4) is 28.8 Å². The van der Waals surface area contributed by atoms with Crippen LogP contribution in [0.4, 0.5) is 5.69 Å². The molecule has 0 atom stereocenters. The number of nitriles is 1. The monoisotopic (exact) mass is 378 g/mol. The van der Waals surface area contributed by atoms with Gasteiger partial charge in [0, 0.05) is 23.3 Å². The lowest BCUT2D eigenvalue weighted by atomic mass is 10.1. The summed E-state index contributed by atoms with van der Waals surface area (Å²) in [5, 5.41) is 23.2. The van der Waals surface area contributed by atoms with Crippen molar-refractivity contribution < 1.29 is 14.4 Å². The number of rotatable bonds is 4. The average Bonchev–Trinajstić information content (AvgIpc) is 3.35. The van der Waals surface area contributed by atoms with Crippen LogP contribution in [0.2, 0.25) is 0 Å². The molecule has 3 heterocycles. The van der Waals surface area contributed by atoms with Gasteiger partial charge in [0.2, 0.25) is 6.79 Å². The molecule has 132 valence electrons. The van der Waals surface area contributed by atoms with Crippen molar-refractivity contribution in [3.63, 3.8) is 0 Å². The molecule has 0 N–H and O–H groups in total. The van der Waals surface area contributed by atoms with E-state index in [0.29, 0.717) is 22.2 Å². The fourth-order valence-electron chi connectivity index (χ4n) is 2.57. The Morgan fingerprint density at radius 3 is 2.74 bits per heavy atom. The van der Waals surface area contributed by atoms with Gasteiger partial charge in [0.1, 0.15) is 11.1 Å². The summed E-state index contributed by atoms with van der Waals surface area (Å²) in [6.45, 7) is 0.00648. The van der Waals surface area contributed by atoms with E-state index in [1.165, 1.54) is 29.5 Å². The lowest BCUT2D eigenvalue weighted by Crippen LogP contribution is -1.93. The second-order valence-electron chi connectivity index (χ2n) is 5.46. The van der Waals surface area contributed by atoms with Crippen LogP contribution in [0.5, 0.6) is 11.5 Å². The molecule has 0 fully saturated rings. The van der Waals surface area contributed by atoms with E-state index in [1.807, 2.05) is 17.5 Å². The van der Waals surface area contributed by atoms with Crippen LogP contribution in [0.25, 0.3) is 22.9 Å². The zero-order valence-electron chi connectivity index (χ0n) is 13.7. The van der Waals surface area contributed by atoms with Crippen molar-refractivity contribution in [3.05, 3.63) is 62.7 Å². The van der Waals surface area contributed by atoms with E-state index in [-0.39, 0.29) is 23.6 Å². The highest BCUT2D eigenvalue weighted by molar-refractivity contribution is 7.11. The third kappa shape index (κ3) is 3.21. The topological polar surface area (TPSA) is 111 Å². The molecular formula is C18H10N4O4S. The number of pyridine rings is 1. The first kappa shape index (κ1) is 16.7. The number of hydrogen-bond acceptors (Lipinski definition) is 8. The molecule has 0 saturated heterocycles. The molecule has 0 bridgehead atoms. The number of benzene rings is 1. The van der Waals surface area contributed by atoms with E-state index >= 15 is 0 Å². The zero-order valence-corrected chi connectivity index (χ0v) is 14.5. The summed E-state index contributed by atoms with van der Waals surface area (Å²) in [4.78, 5) is 19.3. The number of nitro benzene ring substituents is 1. The van der Waals surface area contributed by atoms with Crippen LogP contribution in [-0.4, -0.2) is 21.7 Å². The number of nitro groups is 1. The second kappa shape index (κ2) is 6.86. The van der Waals surface area contributed by atoms with E-state index in [1.54, 1.807) is 12.4 Å². The molecule has 4 rings (SSSR count). The number of hydrogen-bond donors (Lipinski definition) is 0. The van der Waals surface area contributed by atoms with E-state index in [2.05, 4.69) is 16.0 Å². The molecule has 0 radical (unpaired) electrons. The lowest BCUT2D eigenvalue weighted by molar-refractivity contribution is -0.385. The van der Waals surface area contributed by atoms with Crippen LogP contribution in [0.1, 0.15) is 10.6 Å². The first-order valence-electron chi connectivity index (χ1n) is 7.72. The van der Waals surface area contributed by atoms with Gasteiger partial charge in [-0.1, -0.05) is 0 Å². The van der Waals surface area contributed by atoms with Crippen LogP contribution >= 0.6 is 11.3 Å². The number of nitrogens with zero attached hydrogens (tertiary/aromatic N) is 4. The van der Waals surface area contributed by atoms with Crippen molar-refractivity contribution in [1.29, 1.82) is 5.26 Å². The molecule has 0 unspecified atom stereocenters.